The number of rotatable bonds is 10. The molecule has 1 aliphatic carbocycles. The van der Waals surface area contributed by atoms with Crippen molar-refractivity contribution in [1.29, 1.82) is 0 Å². The third-order valence-corrected chi connectivity index (χ3v) is 6.36. The van der Waals surface area contributed by atoms with Crippen LogP contribution in [0, 0.1) is 11.8 Å². The van der Waals surface area contributed by atoms with Gasteiger partial charge in [0, 0.05) is 18.9 Å². The molecular weight excluding hydrogens is 369 g/mol. The molecule has 1 rings (SSSR count). The van der Waals surface area contributed by atoms with Crippen LogP contribution in [0.4, 0.5) is 0 Å². The van der Waals surface area contributed by atoms with Crippen LogP contribution in [0.2, 0.25) is 0 Å². The van der Waals surface area contributed by atoms with E-state index >= 15 is 0 Å². The van der Waals surface area contributed by atoms with E-state index < -0.39 is 43.7 Å². The third-order valence-electron chi connectivity index (χ3n) is 5.16. The molecule has 0 aromatic carbocycles. The monoisotopic (exact) mass is 404 g/mol. The molecule has 156 valence electrons. The van der Waals surface area contributed by atoms with Crippen LogP contribution in [0.3, 0.4) is 0 Å². The van der Waals surface area contributed by atoms with Gasteiger partial charge in [-0.25, -0.2) is 0 Å². The molecule has 0 heterocycles. The van der Waals surface area contributed by atoms with Crippen molar-refractivity contribution in [3.8, 4) is 0 Å². The molecule has 1 fully saturated rings. The van der Waals surface area contributed by atoms with E-state index in [1.54, 1.807) is 13.8 Å². The van der Waals surface area contributed by atoms with E-state index in [9.17, 15) is 24.2 Å². The van der Waals surface area contributed by atoms with Crippen molar-refractivity contribution in [3.63, 3.8) is 0 Å². The molecule has 0 bridgehead atoms. The summed E-state index contributed by atoms with van der Waals surface area (Å²) in [6.45, 7) is 5.12. The zero-order valence-corrected chi connectivity index (χ0v) is 17.5. The Labute approximate surface area is 162 Å². The summed E-state index contributed by atoms with van der Waals surface area (Å²) in [6, 6.07) is -1.47. The van der Waals surface area contributed by atoms with E-state index in [4.69, 9.17) is 5.73 Å². The number of hydrogen-bond acceptors (Lipinski definition) is 5. The van der Waals surface area contributed by atoms with Crippen molar-refractivity contribution in [2.24, 2.45) is 17.6 Å². The highest BCUT2D eigenvalue weighted by molar-refractivity contribution is 7.38. The van der Waals surface area contributed by atoms with Crippen LogP contribution in [0.1, 0.15) is 59.3 Å². The van der Waals surface area contributed by atoms with Gasteiger partial charge in [-0.2, -0.15) is 4.89 Å². The van der Waals surface area contributed by atoms with Crippen molar-refractivity contribution in [2.45, 2.75) is 83.1 Å². The van der Waals surface area contributed by atoms with Gasteiger partial charge in [0.25, 0.3) is 0 Å². The Morgan fingerprint density at radius 1 is 1.15 bits per heavy atom. The van der Waals surface area contributed by atoms with E-state index in [1.807, 2.05) is 0 Å². The fourth-order valence-corrected chi connectivity index (χ4v) is 4.57. The van der Waals surface area contributed by atoms with E-state index in [0.29, 0.717) is 0 Å². The van der Waals surface area contributed by atoms with Crippen LogP contribution in [0.5, 0.6) is 0 Å². The molecule has 0 aliphatic heterocycles. The number of aliphatic hydroxyl groups is 1. The predicted octanol–water partition coefficient (Wildman–Crippen LogP) is 1.03. The number of carbonyl (C=O) groups excluding carboxylic acids is 2. The van der Waals surface area contributed by atoms with Gasteiger partial charge in [0.1, 0.15) is 6.04 Å². The van der Waals surface area contributed by atoms with Crippen LogP contribution in [0.25, 0.3) is 0 Å². The highest BCUT2D eigenvalue weighted by Crippen LogP contribution is 2.40. The van der Waals surface area contributed by atoms with Crippen LogP contribution in [0.15, 0.2) is 0 Å². The van der Waals surface area contributed by atoms with Crippen molar-refractivity contribution < 1.29 is 24.2 Å². The minimum atomic E-state index is -2.38. The predicted molar refractivity (Wildman–Crippen MR) is 104 cm³/mol. The molecule has 1 saturated carbocycles. The Kier molecular flexibility index (Phi) is 10.4. The summed E-state index contributed by atoms with van der Waals surface area (Å²) in [5.74, 6) is -0.821. The Balaban J connectivity index is 2.56. The first-order chi connectivity index (χ1) is 12.6. The van der Waals surface area contributed by atoms with Gasteiger partial charge in [-0.3, -0.25) is 9.59 Å². The summed E-state index contributed by atoms with van der Waals surface area (Å²) in [5, 5.41) is 15.5. The molecule has 0 aromatic rings. The van der Waals surface area contributed by atoms with Crippen molar-refractivity contribution >= 4 is 19.8 Å². The van der Waals surface area contributed by atoms with E-state index in [0.717, 1.165) is 32.1 Å². The molecule has 2 amide bonds. The van der Waals surface area contributed by atoms with Crippen LogP contribution >= 0.6 is 8.03 Å². The van der Waals surface area contributed by atoms with Gasteiger partial charge in [-0.05, 0) is 30.2 Å². The third kappa shape index (κ3) is 8.21. The maximum atomic E-state index is 12.4. The lowest BCUT2D eigenvalue weighted by molar-refractivity contribution is -0.130. The van der Waals surface area contributed by atoms with E-state index in [-0.39, 0.29) is 24.8 Å². The zero-order valence-electron chi connectivity index (χ0n) is 16.6. The fourth-order valence-electron chi connectivity index (χ4n) is 3.49. The molecule has 6 N–H and O–H groups in total. The van der Waals surface area contributed by atoms with Crippen LogP contribution < -0.4 is 16.4 Å². The minimum Gasteiger partial charge on any atom is -0.391 e. The van der Waals surface area contributed by atoms with Crippen molar-refractivity contribution in [3.05, 3.63) is 0 Å². The quantitative estimate of drug-likeness (QED) is 0.344. The smallest absolute Gasteiger partial charge is 0.391 e. The standard InChI is InChI=1S/C18H34N3O5P/c1-11(2)16(21-17(23)12(3)19)18(24)20-10-14(22)9-15(27(25)26)13-7-5-4-6-8-13/h11-16,22H,4-10,19H2,1-3H3,(H2-,20,21,23,24,25,26)/p+1/t12-,14+,15?,16-/m0/s1. The lowest BCUT2D eigenvalue weighted by Gasteiger charge is -2.25. The first-order valence-electron chi connectivity index (χ1n) is 9.80. The average Bonchev–Trinajstić information content (AvgIpc) is 2.61. The fraction of sp³-hybridized carbons (Fsp3) is 0.889. The van der Waals surface area contributed by atoms with Gasteiger partial charge in [-0.1, -0.05) is 33.1 Å². The lowest BCUT2D eigenvalue weighted by Crippen LogP contribution is -2.54. The van der Waals surface area contributed by atoms with Gasteiger partial charge in [0.2, 0.25) is 11.8 Å². The van der Waals surface area contributed by atoms with Crippen molar-refractivity contribution in [1.82, 2.24) is 10.6 Å². The van der Waals surface area contributed by atoms with Gasteiger partial charge in [0.15, 0.2) is 5.66 Å². The summed E-state index contributed by atoms with van der Waals surface area (Å²) in [4.78, 5) is 33.8. The molecule has 8 nitrogen and oxygen atoms in total. The van der Waals surface area contributed by atoms with E-state index in [1.165, 1.54) is 6.92 Å². The maximum absolute atomic E-state index is 12.4. The second-order valence-electron chi connectivity index (χ2n) is 7.92. The summed E-state index contributed by atoms with van der Waals surface area (Å²) >= 11 is 0. The topological polar surface area (TPSA) is 142 Å². The van der Waals surface area contributed by atoms with Crippen LogP contribution in [-0.2, 0) is 14.2 Å². The number of nitrogens with one attached hydrogen (secondary N) is 2. The molecule has 5 atom stereocenters. The Hall–Kier alpha value is -1.08. The Bertz CT molecular complexity index is 509. The van der Waals surface area contributed by atoms with Gasteiger partial charge in [-0.15, -0.1) is 0 Å². The molecule has 1 aliphatic rings. The molecule has 0 radical (unpaired) electrons. The molecular formula is C18H35N3O5P+. The van der Waals surface area contributed by atoms with Crippen molar-refractivity contribution in [2.75, 3.05) is 6.54 Å². The SMILES string of the molecule is CC(C)[C@H](NC(=O)[C@H](C)N)C(=O)NC[C@H](O)CC(C1CCCCC1)[P+](=O)O. The highest BCUT2D eigenvalue weighted by atomic mass is 31.1. The highest BCUT2D eigenvalue weighted by Gasteiger charge is 2.39. The Morgan fingerprint density at radius 2 is 1.74 bits per heavy atom. The number of nitrogens with two attached hydrogens (primary N) is 1. The minimum absolute atomic E-state index is 0.0253. The molecule has 0 aromatic heterocycles. The summed E-state index contributed by atoms with van der Waals surface area (Å²) in [7, 11) is -2.38. The number of amides is 2. The Morgan fingerprint density at radius 3 is 2.22 bits per heavy atom. The second kappa shape index (κ2) is 11.7. The first kappa shape index (κ1) is 24.0. The summed E-state index contributed by atoms with van der Waals surface area (Å²) < 4.78 is 11.7. The van der Waals surface area contributed by atoms with E-state index in [2.05, 4.69) is 10.6 Å². The first-order valence-corrected chi connectivity index (χ1v) is 11.1. The normalized spacial score (nSPS) is 20.5. The van der Waals surface area contributed by atoms with Gasteiger partial charge < -0.3 is 21.5 Å². The average molecular weight is 404 g/mol. The largest absolute Gasteiger partial charge is 0.509 e. The molecule has 0 spiro atoms. The number of carbonyl (C=O) groups is 2. The maximum Gasteiger partial charge on any atom is 0.509 e. The molecule has 27 heavy (non-hydrogen) atoms. The second-order valence-corrected chi connectivity index (χ2v) is 9.19. The number of hydrogen-bond donors (Lipinski definition) is 5. The van der Waals surface area contributed by atoms with Gasteiger partial charge >= 0.3 is 8.03 Å². The lowest BCUT2D eigenvalue weighted by atomic mass is 9.85. The number of aliphatic hydroxyl groups excluding tert-OH is 1. The molecule has 2 unspecified atom stereocenters. The summed E-state index contributed by atoms with van der Waals surface area (Å²) in [6.07, 6.45) is 4.32. The molecule has 0 saturated heterocycles. The van der Waals surface area contributed by atoms with Gasteiger partial charge in [0.05, 0.1) is 12.1 Å². The zero-order chi connectivity index (χ0) is 20.6. The van der Waals surface area contributed by atoms with Crippen LogP contribution in [-0.4, -0.2) is 52.2 Å². The molecule has 9 heteroatoms. The summed E-state index contributed by atoms with van der Waals surface area (Å²) in [5.41, 5.74) is 5.07.